The average Bonchev–Trinajstić information content (AvgIpc) is 3.32. The Balaban J connectivity index is 1.69. The molecule has 4 aromatic rings. The molecule has 0 saturated heterocycles. The lowest BCUT2D eigenvalue weighted by Crippen LogP contribution is -2.34. The molecule has 0 fully saturated rings. The minimum absolute atomic E-state index is 0.0657. The lowest BCUT2D eigenvalue weighted by atomic mass is 10.1. The van der Waals surface area contributed by atoms with Crippen molar-refractivity contribution >= 4 is 22.6 Å². The van der Waals surface area contributed by atoms with Gasteiger partial charge in [-0.3, -0.25) is 9.78 Å². The van der Waals surface area contributed by atoms with Gasteiger partial charge < -0.3 is 15.2 Å². The Kier molecular flexibility index (Phi) is 5.71. The number of hydrogen-bond acceptors (Lipinski definition) is 7. The Morgan fingerprint density at radius 2 is 1.97 bits per heavy atom. The summed E-state index contributed by atoms with van der Waals surface area (Å²) in [4.78, 5) is 27.1. The van der Waals surface area contributed by atoms with Gasteiger partial charge in [0, 0.05) is 17.1 Å². The van der Waals surface area contributed by atoms with E-state index < -0.39 is 17.8 Å². The van der Waals surface area contributed by atoms with E-state index in [0.717, 1.165) is 29.6 Å². The molecule has 0 aliphatic rings. The molecular formula is C22H19F3N6O2. The second-order valence-electron chi connectivity index (χ2n) is 7.53. The highest BCUT2D eigenvalue weighted by Crippen LogP contribution is 2.29. The van der Waals surface area contributed by atoms with Crippen molar-refractivity contribution in [2.75, 3.05) is 5.73 Å². The summed E-state index contributed by atoms with van der Waals surface area (Å²) in [5.74, 6) is 0.272. The fourth-order valence-corrected chi connectivity index (χ4v) is 3.34. The number of pyridine rings is 2. The van der Waals surface area contributed by atoms with Gasteiger partial charge in [0.15, 0.2) is 5.82 Å². The van der Waals surface area contributed by atoms with Crippen LogP contribution in [0.15, 0.2) is 53.5 Å². The first-order valence-corrected chi connectivity index (χ1v) is 9.89. The van der Waals surface area contributed by atoms with Gasteiger partial charge in [-0.2, -0.15) is 18.2 Å². The second-order valence-corrected chi connectivity index (χ2v) is 7.53. The molecule has 3 heterocycles. The van der Waals surface area contributed by atoms with E-state index in [0.29, 0.717) is 16.9 Å². The van der Waals surface area contributed by atoms with Crippen molar-refractivity contribution in [1.29, 1.82) is 0 Å². The summed E-state index contributed by atoms with van der Waals surface area (Å²) in [6, 6.07) is 8.35. The number of amides is 1. The topological polar surface area (TPSA) is 111 Å². The van der Waals surface area contributed by atoms with Crippen molar-refractivity contribution in [1.82, 2.24) is 25.0 Å². The Bertz CT molecular complexity index is 1290. The Hall–Kier alpha value is -4.02. The Morgan fingerprint density at radius 3 is 2.61 bits per heavy atom. The first kappa shape index (κ1) is 22.2. The van der Waals surface area contributed by atoms with Gasteiger partial charge in [-0.05, 0) is 55.8 Å². The van der Waals surface area contributed by atoms with Crippen LogP contribution in [0.3, 0.4) is 0 Å². The third-order valence-corrected chi connectivity index (χ3v) is 5.26. The maximum absolute atomic E-state index is 13.5. The van der Waals surface area contributed by atoms with Crippen molar-refractivity contribution in [2.24, 2.45) is 0 Å². The minimum Gasteiger partial charge on any atom is -0.383 e. The van der Waals surface area contributed by atoms with E-state index in [2.05, 4.69) is 20.1 Å². The van der Waals surface area contributed by atoms with Crippen LogP contribution in [0.4, 0.5) is 19.0 Å². The molecule has 33 heavy (non-hydrogen) atoms. The number of rotatable bonds is 5. The monoisotopic (exact) mass is 456 g/mol. The fourth-order valence-electron chi connectivity index (χ4n) is 3.34. The number of hydrogen-bond donors (Lipinski definition) is 1. The van der Waals surface area contributed by atoms with Crippen LogP contribution in [0.5, 0.6) is 0 Å². The van der Waals surface area contributed by atoms with Gasteiger partial charge in [0.1, 0.15) is 5.82 Å². The van der Waals surface area contributed by atoms with Crippen LogP contribution in [-0.2, 0) is 12.7 Å². The summed E-state index contributed by atoms with van der Waals surface area (Å²) in [5, 5.41) is 4.53. The van der Waals surface area contributed by atoms with E-state index in [-0.39, 0.29) is 24.0 Å². The van der Waals surface area contributed by atoms with E-state index in [1.807, 2.05) is 13.0 Å². The Morgan fingerprint density at radius 1 is 1.18 bits per heavy atom. The third kappa shape index (κ3) is 4.61. The van der Waals surface area contributed by atoms with E-state index in [1.165, 1.54) is 11.0 Å². The molecule has 8 nitrogen and oxygen atoms in total. The fraction of sp³-hybridized carbons (Fsp3) is 0.227. The van der Waals surface area contributed by atoms with Gasteiger partial charge in [0.05, 0.1) is 29.4 Å². The number of alkyl halides is 3. The van der Waals surface area contributed by atoms with Gasteiger partial charge in [-0.1, -0.05) is 5.16 Å². The summed E-state index contributed by atoms with van der Waals surface area (Å²) in [7, 11) is 0. The molecule has 1 amide bonds. The summed E-state index contributed by atoms with van der Waals surface area (Å²) in [5.41, 5.74) is 7.04. The quantitative estimate of drug-likeness (QED) is 0.476. The summed E-state index contributed by atoms with van der Waals surface area (Å²) < 4.78 is 43.4. The minimum atomic E-state index is -4.50. The van der Waals surface area contributed by atoms with Gasteiger partial charge in [-0.15, -0.1) is 0 Å². The van der Waals surface area contributed by atoms with E-state index >= 15 is 0 Å². The number of nitrogens with two attached hydrogens (primary N) is 1. The largest absolute Gasteiger partial charge is 0.417 e. The summed E-state index contributed by atoms with van der Waals surface area (Å²) >= 11 is 0. The number of halogens is 3. The molecule has 1 unspecified atom stereocenters. The molecule has 3 aromatic heterocycles. The molecule has 1 atom stereocenters. The molecule has 0 bridgehead atoms. The number of aromatic nitrogens is 4. The maximum atomic E-state index is 13.5. The zero-order valence-corrected chi connectivity index (χ0v) is 17.7. The number of fused-ring (bicyclic) bond motifs is 1. The highest BCUT2D eigenvalue weighted by atomic mass is 19.4. The molecule has 2 N–H and O–H groups in total. The molecule has 0 aliphatic carbocycles. The number of nitrogen functional groups attached to an aromatic ring is 1. The van der Waals surface area contributed by atoms with Crippen molar-refractivity contribution < 1.29 is 22.5 Å². The zero-order chi connectivity index (χ0) is 23.8. The van der Waals surface area contributed by atoms with Crippen LogP contribution >= 0.6 is 0 Å². The summed E-state index contributed by atoms with van der Waals surface area (Å²) in [6.07, 6.45) is -2.62. The molecule has 0 radical (unpaired) electrons. The molecule has 11 heteroatoms. The van der Waals surface area contributed by atoms with E-state index in [4.69, 9.17) is 10.3 Å². The predicted octanol–water partition coefficient (Wildman–Crippen LogP) is 4.33. The van der Waals surface area contributed by atoms with Crippen LogP contribution in [0.25, 0.3) is 10.9 Å². The predicted molar refractivity (Wildman–Crippen MR) is 113 cm³/mol. The van der Waals surface area contributed by atoms with Crippen molar-refractivity contribution in [3.63, 3.8) is 0 Å². The molecule has 4 rings (SSSR count). The molecular weight excluding hydrogens is 437 g/mol. The van der Waals surface area contributed by atoms with Gasteiger partial charge in [0.2, 0.25) is 6.39 Å². The molecule has 0 saturated carbocycles. The smallest absolute Gasteiger partial charge is 0.383 e. The van der Waals surface area contributed by atoms with Crippen LogP contribution in [0, 0.1) is 6.92 Å². The first-order valence-electron chi connectivity index (χ1n) is 9.89. The molecule has 1 aromatic carbocycles. The normalized spacial score (nSPS) is 12.6. The van der Waals surface area contributed by atoms with Crippen LogP contribution in [0.1, 0.15) is 46.0 Å². The summed E-state index contributed by atoms with van der Waals surface area (Å²) in [6.45, 7) is 3.45. The maximum Gasteiger partial charge on any atom is 0.417 e. The van der Waals surface area contributed by atoms with Crippen LogP contribution in [-0.4, -0.2) is 30.9 Å². The number of nitrogens with zero attached hydrogens (tertiary/aromatic N) is 5. The van der Waals surface area contributed by atoms with E-state index in [9.17, 15) is 18.0 Å². The molecule has 0 aliphatic heterocycles. The average molecular weight is 456 g/mol. The highest BCUT2D eigenvalue weighted by Gasteiger charge is 2.31. The van der Waals surface area contributed by atoms with Crippen molar-refractivity contribution in [2.45, 2.75) is 32.6 Å². The van der Waals surface area contributed by atoms with Crippen molar-refractivity contribution in [3.8, 4) is 0 Å². The molecule has 170 valence electrons. The number of carbonyl (C=O) groups excluding carboxylic acids is 1. The van der Waals surface area contributed by atoms with Crippen molar-refractivity contribution in [3.05, 3.63) is 77.2 Å². The number of aryl methyl sites for hydroxylation is 1. The second kappa shape index (κ2) is 8.49. The zero-order valence-electron chi connectivity index (χ0n) is 17.7. The highest BCUT2D eigenvalue weighted by molar-refractivity contribution is 5.98. The lowest BCUT2D eigenvalue weighted by Gasteiger charge is -2.27. The van der Waals surface area contributed by atoms with Gasteiger partial charge in [-0.25, -0.2) is 4.98 Å². The van der Waals surface area contributed by atoms with Gasteiger partial charge in [0.25, 0.3) is 5.91 Å². The standard InChI is InChI=1S/C22H19F3N6O2/c1-12-7-15-8-14(3-6-18(15)29-19(12)26)21(32)31(13(2)20-28-11-33-30-20)10-17-5-4-16(9-27-17)22(23,24)25/h3-9,11,13H,10H2,1-2H3,(H2,26,29). The van der Waals surface area contributed by atoms with E-state index in [1.54, 1.807) is 25.1 Å². The number of carbonyl (C=O) groups is 1. The van der Waals surface area contributed by atoms with Crippen LogP contribution in [0.2, 0.25) is 0 Å². The first-order chi connectivity index (χ1) is 15.6. The number of benzene rings is 1. The lowest BCUT2D eigenvalue weighted by molar-refractivity contribution is -0.137. The van der Waals surface area contributed by atoms with Gasteiger partial charge >= 0.3 is 6.18 Å². The molecule has 0 spiro atoms. The Labute approximate surface area is 186 Å². The van der Waals surface area contributed by atoms with Crippen LogP contribution < -0.4 is 5.73 Å². The third-order valence-electron chi connectivity index (χ3n) is 5.26. The SMILES string of the molecule is Cc1cc2cc(C(=O)N(Cc3ccc(C(F)(F)F)cn3)C(C)c3ncon3)ccc2nc1N. The number of anilines is 1.